The molecule has 156 valence electrons. The van der Waals surface area contributed by atoms with Gasteiger partial charge in [-0.15, -0.1) is 0 Å². The van der Waals surface area contributed by atoms with Crippen molar-refractivity contribution >= 4 is 44.8 Å². The van der Waals surface area contributed by atoms with Crippen molar-refractivity contribution in [3.05, 3.63) is 58.3 Å². The highest BCUT2D eigenvalue weighted by Gasteiger charge is 2.33. The van der Waals surface area contributed by atoms with Crippen molar-refractivity contribution in [2.45, 2.75) is 17.9 Å². The lowest BCUT2D eigenvalue weighted by molar-refractivity contribution is -0.121. The second kappa shape index (κ2) is 8.97. The lowest BCUT2D eigenvalue weighted by Crippen LogP contribution is -2.54. The molecule has 2 aromatic carbocycles. The summed E-state index contributed by atoms with van der Waals surface area (Å²) in [6.45, 7) is 2.73. The first-order valence-corrected chi connectivity index (χ1v) is 11.1. The molecule has 6 nitrogen and oxygen atoms in total. The van der Waals surface area contributed by atoms with Gasteiger partial charge in [-0.2, -0.15) is 4.31 Å². The van der Waals surface area contributed by atoms with Crippen LogP contribution in [0, 0.1) is 5.82 Å². The monoisotopic (exact) mass is 459 g/mol. The summed E-state index contributed by atoms with van der Waals surface area (Å²) in [4.78, 5) is 14.1. The number of hydrogen-bond donors (Lipinski definition) is 1. The highest BCUT2D eigenvalue weighted by Crippen LogP contribution is 2.26. The Labute approximate surface area is 179 Å². The van der Waals surface area contributed by atoms with Gasteiger partial charge in [-0.05, 0) is 37.3 Å². The minimum absolute atomic E-state index is 0.159. The minimum atomic E-state index is -3.92. The Hall–Kier alpha value is -1.71. The maximum atomic E-state index is 13.9. The summed E-state index contributed by atoms with van der Waals surface area (Å²) >= 11 is 12.0. The average molecular weight is 460 g/mol. The maximum absolute atomic E-state index is 13.9. The van der Waals surface area contributed by atoms with E-state index in [9.17, 15) is 17.6 Å². The molecule has 1 fully saturated rings. The zero-order chi connectivity index (χ0) is 21.2. The van der Waals surface area contributed by atoms with E-state index in [2.05, 4.69) is 5.32 Å². The van der Waals surface area contributed by atoms with E-state index in [4.69, 9.17) is 23.2 Å². The average Bonchev–Trinajstić information content (AvgIpc) is 2.70. The molecule has 10 heteroatoms. The molecule has 29 heavy (non-hydrogen) atoms. The summed E-state index contributed by atoms with van der Waals surface area (Å²) in [6, 6.07) is 9.57. The Kier molecular flexibility index (Phi) is 6.80. The summed E-state index contributed by atoms with van der Waals surface area (Å²) in [6.07, 6.45) is 0. The molecular weight excluding hydrogens is 440 g/mol. The van der Waals surface area contributed by atoms with Gasteiger partial charge in [-0.3, -0.25) is 9.69 Å². The highest BCUT2D eigenvalue weighted by atomic mass is 35.5. The van der Waals surface area contributed by atoms with E-state index < -0.39 is 21.9 Å². The van der Waals surface area contributed by atoms with Gasteiger partial charge in [0, 0.05) is 31.2 Å². The summed E-state index contributed by atoms with van der Waals surface area (Å²) in [5.41, 5.74) is 0.414. The summed E-state index contributed by atoms with van der Waals surface area (Å²) in [5.74, 6) is -1.05. The van der Waals surface area contributed by atoms with Crippen molar-refractivity contribution in [2.75, 3.05) is 31.5 Å². The Bertz CT molecular complexity index is 1010. The largest absolute Gasteiger partial charge is 0.323 e. The number of amides is 1. The second-order valence-electron chi connectivity index (χ2n) is 6.66. The van der Waals surface area contributed by atoms with Crippen molar-refractivity contribution < 1.29 is 17.6 Å². The van der Waals surface area contributed by atoms with E-state index in [0.29, 0.717) is 28.8 Å². The van der Waals surface area contributed by atoms with E-state index >= 15 is 0 Å². The van der Waals surface area contributed by atoms with Crippen molar-refractivity contribution in [1.29, 1.82) is 0 Å². The zero-order valence-corrected chi connectivity index (χ0v) is 17.9. The molecule has 3 rings (SSSR count). The normalized spacial score (nSPS) is 17.1. The summed E-state index contributed by atoms with van der Waals surface area (Å²) in [7, 11) is -3.92. The lowest BCUT2D eigenvalue weighted by Gasteiger charge is -2.36. The number of halogens is 3. The van der Waals surface area contributed by atoms with Crippen molar-refractivity contribution in [1.82, 2.24) is 9.21 Å². The Morgan fingerprint density at radius 2 is 1.76 bits per heavy atom. The zero-order valence-electron chi connectivity index (χ0n) is 15.6. The molecule has 1 aliphatic rings. The molecule has 1 heterocycles. The van der Waals surface area contributed by atoms with Gasteiger partial charge in [0.05, 0.1) is 16.8 Å². The number of carbonyl (C=O) groups is 1. The number of carbonyl (C=O) groups excluding carboxylic acids is 1. The molecule has 0 bridgehead atoms. The Morgan fingerprint density at radius 1 is 1.10 bits per heavy atom. The molecule has 1 saturated heterocycles. The highest BCUT2D eigenvalue weighted by molar-refractivity contribution is 7.89. The van der Waals surface area contributed by atoms with E-state index in [1.54, 1.807) is 25.1 Å². The van der Waals surface area contributed by atoms with Gasteiger partial charge in [-0.25, -0.2) is 12.8 Å². The number of piperazine rings is 1. The van der Waals surface area contributed by atoms with Crippen molar-refractivity contribution in [2.24, 2.45) is 0 Å². The molecule has 1 unspecified atom stereocenters. The van der Waals surface area contributed by atoms with Crippen LogP contribution in [0.2, 0.25) is 10.0 Å². The molecule has 0 saturated carbocycles. The molecule has 0 aromatic heterocycles. The van der Waals surface area contributed by atoms with E-state index in [1.807, 2.05) is 4.90 Å². The van der Waals surface area contributed by atoms with Gasteiger partial charge in [0.15, 0.2) is 0 Å². The van der Waals surface area contributed by atoms with Crippen LogP contribution in [0.1, 0.15) is 6.92 Å². The number of sulfonamides is 1. The molecule has 1 N–H and O–H groups in total. The molecule has 2 aromatic rings. The van der Waals surface area contributed by atoms with Gasteiger partial charge >= 0.3 is 0 Å². The van der Waals surface area contributed by atoms with Crippen LogP contribution >= 0.6 is 23.2 Å². The van der Waals surface area contributed by atoms with Crippen LogP contribution in [-0.4, -0.2) is 55.8 Å². The fourth-order valence-corrected chi connectivity index (χ4v) is 4.94. The van der Waals surface area contributed by atoms with Crippen LogP contribution in [0.25, 0.3) is 0 Å². The van der Waals surface area contributed by atoms with Crippen LogP contribution < -0.4 is 5.32 Å². The third-order valence-electron chi connectivity index (χ3n) is 4.84. The smallest absolute Gasteiger partial charge is 0.246 e. The third-order valence-corrected chi connectivity index (χ3v) is 7.34. The third kappa shape index (κ3) is 4.90. The molecule has 1 amide bonds. The second-order valence-corrected chi connectivity index (χ2v) is 9.41. The van der Waals surface area contributed by atoms with Gasteiger partial charge < -0.3 is 5.32 Å². The van der Waals surface area contributed by atoms with Gasteiger partial charge in [-0.1, -0.05) is 35.3 Å². The molecule has 1 aliphatic heterocycles. The van der Waals surface area contributed by atoms with Crippen LogP contribution in [0.4, 0.5) is 10.1 Å². The van der Waals surface area contributed by atoms with Gasteiger partial charge in [0.25, 0.3) is 0 Å². The van der Waals surface area contributed by atoms with E-state index in [0.717, 1.165) is 6.07 Å². The predicted octanol–water partition coefficient (Wildman–Crippen LogP) is 3.47. The Morgan fingerprint density at radius 3 is 2.41 bits per heavy atom. The minimum Gasteiger partial charge on any atom is -0.323 e. The number of benzene rings is 2. The van der Waals surface area contributed by atoms with Gasteiger partial charge in [0.2, 0.25) is 15.9 Å². The summed E-state index contributed by atoms with van der Waals surface area (Å²) < 4.78 is 40.5. The number of nitrogens with one attached hydrogen (secondary N) is 1. The fourth-order valence-electron chi connectivity index (χ4n) is 3.12. The number of nitrogens with zero attached hydrogens (tertiary/aromatic N) is 2. The predicted molar refractivity (Wildman–Crippen MR) is 111 cm³/mol. The van der Waals surface area contributed by atoms with Crippen molar-refractivity contribution in [3.63, 3.8) is 0 Å². The van der Waals surface area contributed by atoms with Crippen LogP contribution in [0.3, 0.4) is 0 Å². The summed E-state index contributed by atoms with van der Waals surface area (Å²) in [5, 5.41) is 3.56. The van der Waals surface area contributed by atoms with E-state index in [-0.39, 0.29) is 23.9 Å². The quantitative estimate of drug-likeness (QED) is 0.742. The maximum Gasteiger partial charge on any atom is 0.246 e. The lowest BCUT2D eigenvalue weighted by atomic mass is 10.2. The molecule has 0 radical (unpaired) electrons. The SMILES string of the molecule is CC(C(=O)Nc1cc(Cl)ccc1Cl)N1CCN(S(=O)(=O)c2ccccc2F)CC1. The first kappa shape index (κ1) is 22.0. The number of rotatable bonds is 5. The Balaban J connectivity index is 1.63. The van der Waals surface area contributed by atoms with Crippen LogP contribution in [0.15, 0.2) is 47.4 Å². The first-order chi connectivity index (χ1) is 13.7. The first-order valence-electron chi connectivity index (χ1n) is 8.95. The van der Waals surface area contributed by atoms with Crippen LogP contribution in [-0.2, 0) is 14.8 Å². The molecule has 0 aliphatic carbocycles. The van der Waals surface area contributed by atoms with Gasteiger partial charge in [0.1, 0.15) is 10.7 Å². The molecule has 0 spiro atoms. The molecule has 1 atom stereocenters. The van der Waals surface area contributed by atoms with E-state index in [1.165, 1.54) is 22.5 Å². The standard InChI is InChI=1S/C19H20Cl2FN3O3S/c1-13(19(26)23-17-12-14(20)6-7-15(17)21)24-8-10-25(11-9-24)29(27,28)18-5-3-2-4-16(18)22/h2-7,12-13H,8-11H2,1H3,(H,23,26). The number of anilines is 1. The number of hydrogen-bond acceptors (Lipinski definition) is 4. The fraction of sp³-hybridized carbons (Fsp3) is 0.316. The van der Waals surface area contributed by atoms with Crippen molar-refractivity contribution in [3.8, 4) is 0 Å². The molecular formula is C19H20Cl2FN3O3S. The van der Waals surface area contributed by atoms with Crippen LogP contribution in [0.5, 0.6) is 0 Å². The topological polar surface area (TPSA) is 69.7 Å².